The fraction of sp³-hybridized carbons (Fsp3) is 0.500. The third kappa shape index (κ3) is 2.88. The van der Waals surface area contributed by atoms with E-state index in [0.29, 0.717) is 6.61 Å². The lowest BCUT2D eigenvalue weighted by Gasteiger charge is -2.07. The maximum atomic E-state index is 5.02. The van der Waals surface area contributed by atoms with Crippen LogP contribution in [0.25, 0.3) is 0 Å². The van der Waals surface area contributed by atoms with Crippen molar-refractivity contribution in [2.24, 2.45) is 0 Å². The van der Waals surface area contributed by atoms with E-state index >= 15 is 0 Å². The van der Waals surface area contributed by atoms with E-state index in [0.717, 1.165) is 24.7 Å². The van der Waals surface area contributed by atoms with E-state index in [2.05, 4.69) is 16.9 Å². The number of ether oxygens (including phenoxy) is 1. The van der Waals surface area contributed by atoms with E-state index in [1.807, 2.05) is 23.8 Å². The van der Waals surface area contributed by atoms with Gasteiger partial charge >= 0.3 is 0 Å². The number of hydrogen-bond acceptors (Lipinski definition) is 3. The Bertz CT molecular complexity index is 294. The van der Waals surface area contributed by atoms with Gasteiger partial charge in [-0.1, -0.05) is 6.08 Å². The highest BCUT2D eigenvalue weighted by Crippen LogP contribution is 2.07. The molecule has 14 heavy (non-hydrogen) atoms. The molecular formula is C10H17N3O. The molecule has 0 spiro atoms. The molecule has 1 heterocycles. The minimum Gasteiger partial charge on any atom is -0.383 e. The lowest BCUT2D eigenvalue weighted by Crippen LogP contribution is -2.09. The van der Waals surface area contributed by atoms with Gasteiger partial charge in [0.05, 0.1) is 12.3 Å². The zero-order valence-electron chi connectivity index (χ0n) is 8.79. The van der Waals surface area contributed by atoms with Gasteiger partial charge in [0, 0.05) is 26.4 Å². The van der Waals surface area contributed by atoms with Crippen LogP contribution in [0.4, 0.5) is 5.95 Å². The Balaban J connectivity index is 2.64. The van der Waals surface area contributed by atoms with E-state index < -0.39 is 0 Å². The van der Waals surface area contributed by atoms with Gasteiger partial charge in [0.2, 0.25) is 5.95 Å². The molecule has 0 aliphatic heterocycles. The van der Waals surface area contributed by atoms with E-state index in [4.69, 9.17) is 4.74 Å². The summed E-state index contributed by atoms with van der Waals surface area (Å²) in [6.45, 7) is 7.86. The molecule has 1 rings (SSSR count). The fourth-order valence-corrected chi connectivity index (χ4v) is 1.21. The molecule has 0 amide bonds. The zero-order chi connectivity index (χ0) is 10.4. The number of nitrogens with one attached hydrogen (secondary N) is 1. The molecule has 0 aliphatic rings. The number of nitrogens with zero attached hydrogens (tertiary/aromatic N) is 2. The van der Waals surface area contributed by atoms with Crippen molar-refractivity contribution in [3.63, 3.8) is 0 Å². The van der Waals surface area contributed by atoms with Crippen LogP contribution in [0.2, 0.25) is 0 Å². The summed E-state index contributed by atoms with van der Waals surface area (Å²) in [5.41, 5.74) is 1.01. The summed E-state index contributed by atoms with van der Waals surface area (Å²) in [6, 6.07) is 0. The largest absolute Gasteiger partial charge is 0.383 e. The number of aromatic nitrogens is 2. The van der Waals surface area contributed by atoms with Gasteiger partial charge < -0.3 is 14.6 Å². The Morgan fingerprint density at radius 1 is 1.71 bits per heavy atom. The highest BCUT2D eigenvalue weighted by molar-refractivity contribution is 5.29. The van der Waals surface area contributed by atoms with Crippen LogP contribution in [0.5, 0.6) is 0 Å². The van der Waals surface area contributed by atoms with Crippen LogP contribution in [-0.2, 0) is 11.3 Å². The molecule has 0 radical (unpaired) electrons. The molecule has 0 aromatic carbocycles. The Hall–Kier alpha value is -1.29. The van der Waals surface area contributed by atoms with Crippen molar-refractivity contribution in [2.75, 3.05) is 25.6 Å². The van der Waals surface area contributed by atoms with Crippen LogP contribution >= 0.6 is 0 Å². The molecule has 0 aliphatic carbocycles. The second-order valence-electron chi connectivity index (χ2n) is 3.06. The Morgan fingerprint density at radius 3 is 3.14 bits per heavy atom. The SMILES string of the molecule is C=CCNc1nc(C)cn1CCOC. The van der Waals surface area contributed by atoms with E-state index in [1.54, 1.807) is 7.11 Å². The Labute approximate surface area is 84.6 Å². The average molecular weight is 195 g/mol. The number of hydrogen-bond donors (Lipinski definition) is 1. The molecule has 1 N–H and O–H groups in total. The van der Waals surface area contributed by atoms with Crippen LogP contribution in [-0.4, -0.2) is 29.8 Å². The molecule has 0 unspecified atom stereocenters. The third-order valence-corrected chi connectivity index (χ3v) is 1.84. The van der Waals surface area contributed by atoms with Crippen molar-refractivity contribution in [1.82, 2.24) is 9.55 Å². The lowest BCUT2D eigenvalue weighted by atomic mass is 10.5. The number of rotatable bonds is 6. The molecule has 0 fully saturated rings. The van der Waals surface area contributed by atoms with Gasteiger partial charge in [0.1, 0.15) is 0 Å². The van der Waals surface area contributed by atoms with Crippen molar-refractivity contribution < 1.29 is 4.74 Å². The number of aryl methyl sites for hydroxylation is 1. The van der Waals surface area contributed by atoms with Crippen LogP contribution in [0, 0.1) is 6.92 Å². The van der Waals surface area contributed by atoms with Gasteiger partial charge in [0.15, 0.2) is 0 Å². The summed E-state index contributed by atoms with van der Waals surface area (Å²) in [5.74, 6) is 0.874. The summed E-state index contributed by atoms with van der Waals surface area (Å²) < 4.78 is 7.06. The van der Waals surface area contributed by atoms with Gasteiger partial charge in [0.25, 0.3) is 0 Å². The Kier molecular flexibility index (Phi) is 4.19. The second kappa shape index (κ2) is 5.44. The van der Waals surface area contributed by atoms with Crippen LogP contribution in [0.3, 0.4) is 0 Å². The summed E-state index contributed by atoms with van der Waals surface area (Å²) in [7, 11) is 1.70. The number of anilines is 1. The molecule has 4 heteroatoms. The minimum absolute atomic E-state index is 0.693. The van der Waals surface area contributed by atoms with Crippen molar-refractivity contribution in [2.45, 2.75) is 13.5 Å². The quantitative estimate of drug-likeness (QED) is 0.698. The first kappa shape index (κ1) is 10.8. The van der Waals surface area contributed by atoms with Gasteiger partial charge in [-0.15, -0.1) is 6.58 Å². The van der Waals surface area contributed by atoms with Crippen molar-refractivity contribution in [1.29, 1.82) is 0 Å². The molecule has 78 valence electrons. The molecule has 1 aromatic heterocycles. The lowest BCUT2D eigenvalue weighted by molar-refractivity contribution is 0.187. The van der Waals surface area contributed by atoms with E-state index in [1.165, 1.54) is 0 Å². The molecule has 4 nitrogen and oxygen atoms in total. The summed E-state index contributed by atoms with van der Waals surface area (Å²) >= 11 is 0. The van der Waals surface area contributed by atoms with E-state index in [-0.39, 0.29) is 0 Å². The first-order valence-electron chi connectivity index (χ1n) is 4.65. The second-order valence-corrected chi connectivity index (χ2v) is 3.06. The van der Waals surface area contributed by atoms with Crippen molar-refractivity contribution >= 4 is 5.95 Å². The summed E-state index contributed by atoms with van der Waals surface area (Å²) in [5, 5.41) is 3.17. The zero-order valence-corrected chi connectivity index (χ0v) is 8.79. The van der Waals surface area contributed by atoms with Gasteiger partial charge in [-0.3, -0.25) is 0 Å². The fourth-order valence-electron chi connectivity index (χ4n) is 1.21. The highest BCUT2D eigenvalue weighted by Gasteiger charge is 2.03. The standard InChI is InChI=1S/C10H17N3O/c1-4-5-11-10-12-9(2)8-13(10)6-7-14-3/h4,8H,1,5-7H2,2-3H3,(H,11,12). The van der Waals surface area contributed by atoms with Crippen LogP contribution < -0.4 is 5.32 Å². The van der Waals surface area contributed by atoms with Crippen molar-refractivity contribution in [3.8, 4) is 0 Å². The molecule has 0 bridgehead atoms. The summed E-state index contributed by atoms with van der Waals surface area (Å²) in [6.07, 6.45) is 3.81. The predicted octanol–water partition coefficient (Wildman–Crippen LogP) is 1.44. The van der Waals surface area contributed by atoms with Gasteiger partial charge in [-0.05, 0) is 6.92 Å². The maximum Gasteiger partial charge on any atom is 0.203 e. The molecule has 1 aromatic rings. The van der Waals surface area contributed by atoms with E-state index in [9.17, 15) is 0 Å². The first-order chi connectivity index (χ1) is 6.77. The molecular weight excluding hydrogens is 178 g/mol. The van der Waals surface area contributed by atoms with Gasteiger partial charge in [-0.25, -0.2) is 4.98 Å². The monoisotopic (exact) mass is 195 g/mol. The highest BCUT2D eigenvalue weighted by atomic mass is 16.5. The molecule has 0 saturated heterocycles. The number of imidazole rings is 1. The summed E-state index contributed by atoms with van der Waals surface area (Å²) in [4.78, 5) is 4.35. The third-order valence-electron chi connectivity index (χ3n) is 1.84. The normalized spacial score (nSPS) is 10.1. The number of methoxy groups -OCH3 is 1. The average Bonchev–Trinajstić information content (AvgIpc) is 2.52. The van der Waals surface area contributed by atoms with Crippen molar-refractivity contribution in [3.05, 3.63) is 24.5 Å². The van der Waals surface area contributed by atoms with Gasteiger partial charge in [-0.2, -0.15) is 0 Å². The van der Waals surface area contributed by atoms with Crippen LogP contribution in [0.1, 0.15) is 5.69 Å². The Morgan fingerprint density at radius 2 is 2.50 bits per heavy atom. The molecule has 0 saturated carbocycles. The predicted molar refractivity (Wildman–Crippen MR) is 57.5 cm³/mol. The smallest absolute Gasteiger partial charge is 0.203 e. The molecule has 0 atom stereocenters. The maximum absolute atomic E-state index is 5.02. The van der Waals surface area contributed by atoms with Crippen LogP contribution in [0.15, 0.2) is 18.9 Å². The minimum atomic E-state index is 0.693. The topological polar surface area (TPSA) is 39.1 Å². The first-order valence-corrected chi connectivity index (χ1v) is 4.65.